The molecule has 3 nitrogen and oxygen atoms in total. The van der Waals surface area contributed by atoms with Gasteiger partial charge in [-0.3, -0.25) is 4.90 Å². The van der Waals surface area contributed by atoms with Gasteiger partial charge in [-0.25, -0.2) is 0 Å². The first kappa shape index (κ1) is 12.7. The molecule has 1 aliphatic carbocycles. The number of hydrogen-bond acceptors (Lipinski definition) is 2. The molecule has 2 aliphatic heterocycles. The Labute approximate surface area is 121 Å². The summed E-state index contributed by atoms with van der Waals surface area (Å²) in [6.07, 6.45) is 11.6. The first-order valence-electron chi connectivity index (χ1n) is 8.25. The van der Waals surface area contributed by atoms with Crippen molar-refractivity contribution in [3.63, 3.8) is 0 Å². The Bertz CT molecular complexity index is 521. The summed E-state index contributed by atoms with van der Waals surface area (Å²) in [4.78, 5) is 2.66. The fourth-order valence-electron chi connectivity index (χ4n) is 4.05. The number of nitrogens with one attached hydrogen (secondary N) is 1. The van der Waals surface area contributed by atoms with Crippen LogP contribution in [0.4, 0.5) is 0 Å². The standard InChI is InChI=1S/C17H25N3/c1-2-8-19(9-3-1)12-15-13-20-10-7-18-11-14-5-4-6-16(15)17(14)20/h5,13,18H,1-4,6-12H2. The van der Waals surface area contributed by atoms with Crippen molar-refractivity contribution in [1.82, 2.24) is 14.8 Å². The Balaban J connectivity index is 1.65. The average molecular weight is 271 g/mol. The van der Waals surface area contributed by atoms with Gasteiger partial charge in [-0.2, -0.15) is 0 Å². The van der Waals surface area contributed by atoms with E-state index >= 15 is 0 Å². The van der Waals surface area contributed by atoms with Crippen molar-refractivity contribution in [2.24, 2.45) is 0 Å². The van der Waals surface area contributed by atoms with Gasteiger partial charge < -0.3 is 9.88 Å². The zero-order valence-electron chi connectivity index (χ0n) is 12.3. The molecule has 3 heterocycles. The highest BCUT2D eigenvalue weighted by atomic mass is 15.1. The number of allylic oxidation sites excluding steroid dienone is 1. The summed E-state index contributed by atoms with van der Waals surface area (Å²) < 4.78 is 2.51. The van der Waals surface area contributed by atoms with Crippen LogP contribution in [0.3, 0.4) is 0 Å². The molecule has 0 unspecified atom stereocenters. The van der Waals surface area contributed by atoms with Crippen molar-refractivity contribution in [3.8, 4) is 0 Å². The quantitative estimate of drug-likeness (QED) is 0.891. The fourth-order valence-corrected chi connectivity index (χ4v) is 4.05. The molecule has 0 saturated carbocycles. The molecule has 108 valence electrons. The van der Waals surface area contributed by atoms with Crippen LogP contribution in [-0.2, 0) is 19.5 Å². The van der Waals surface area contributed by atoms with E-state index in [0.717, 1.165) is 19.6 Å². The number of piperidine rings is 1. The van der Waals surface area contributed by atoms with Gasteiger partial charge in [0.15, 0.2) is 0 Å². The van der Waals surface area contributed by atoms with Crippen LogP contribution >= 0.6 is 0 Å². The molecule has 3 heteroatoms. The van der Waals surface area contributed by atoms with Gasteiger partial charge in [-0.05, 0) is 55.5 Å². The van der Waals surface area contributed by atoms with Crippen LogP contribution in [-0.4, -0.2) is 35.6 Å². The predicted molar refractivity (Wildman–Crippen MR) is 82.7 cm³/mol. The summed E-state index contributed by atoms with van der Waals surface area (Å²) in [6, 6.07) is 0. The zero-order valence-corrected chi connectivity index (χ0v) is 12.3. The molecule has 0 radical (unpaired) electrons. The summed E-state index contributed by atoms with van der Waals surface area (Å²) in [5, 5.41) is 3.54. The minimum Gasteiger partial charge on any atom is -0.346 e. The summed E-state index contributed by atoms with van der Waals surface area (Å²) in [6.45, 7) is 7.05. The van der Waals surface area contributed by atoms with Crippen molar-refractivity contribution in [2.45, 2.75) is 45.2 Å². The Morgan fingerprint density at radius 1 is 1.10 bits per heavy atom. The lowest BCUT2D eigenvalue weighted by Gasteiger charge is -2.26. The Morgan fingerprint density at radius 2 is 2.00 bits per heavy atom. The molecule has 1 aromatic rings. The highest BCUT2D eigenvalue weighted by Gasteiger charge is 2.24. The lowest BCUT2D eigenvalue weighted by molar-refractivity contribution is 0.220. The normalized spacial score (nSPS) is 23.1. The molecule has 0 spiro atoms. The van der Waals surface area contributed by atoms with Gasteiger partial charge in [0.05, 0.1) is 0 Å². The average Bonchev–Trinajstić information content (AvgIpc) is 2.70. The number of rotatable bonds is 2. The molecule has 0 amide bonds. The number of likely N-dealkylation sites (tertiary alicyclic amines) is 1. The van der Waals surface area contributed by atoms with Crippen LogP contribution in [0.1, 0.15) is 42.5 Å². The van der Waals surface area contributed by atoms with Crippen LogP contribution in [0.15, 0.2) is 12.3 Å². The van der Waals surface area contributed by atoms with Crippen LogP contribution in [0.2, 0.25) is 0 Å². The maximum absolute atomic E-state index is 3.54. The Morgan fingerprint density at radius 3 is 2.90 bits per heavy atom. The first-order valence-corrected chi connectivity index (χ1v) is 8.25. The van der Waals surface area contributed by atoms with Crippen molar-refractivity contribution in [3.05, 3.63) is 29.1 Å². The lowest BCUT2D eigenvalue weighted by Crippen LogP contribution is -2.29. The van der Waals surface area contributed by atoms with Gasteiger partial charge in [0.2, 0.25) is 0 Å². The molecule has 3 aliphatic rings. The highest BCUT2D eigenvalue weighted by Crippen LogP contribution is 2.32. The Kier molecular flexibility index (Phi) is 3.41. The summed E-state index contributed by atoms with van der Waals surface area (Å²) in [5.41, 5.74) is 6.34. The molecule has 0 aromatic carbocycles. The van der Waals surface area contributed by atoms with Crippen molar-refractivity contribution >= 4 is 5.57 Å². The van der Waals surface area contributed by atoms with Gasteiger partial charge in [0.25, 0.3) is 0 Å². The number of aromatic nitrogens is 1. The van der Waals surface area contributed by atoms with Crippen molar-refractivity contribution < 1.29 is 0 Å². The molecule has 0 atom stereocenters. The molecular formula is C17H25N3. The molecule has 4 rings (SSSR count). The van der Waals surface area contributed by atoms with Crippen molar-refractivity contribution in [2.75, 3.05) is 26.2 Å². The molecule has 20 heavy (non-hydrogen) atoms. The molecule has 1 N–H and O–H groups in total. The van der Waals surface area contributed by atoms with E-state index in [1.807, 2.05) is 0 Å². The minimum absolute atomic E-state index is 1.06. The van der Waals surface area contributed by atoms with Gasteiger partial charge >= 0.3 is 0 Å². The predicted octanol–water partition coefficient (Wildman–Crippen LogP) is 2.41. The van der Waals surface area contributed by atoms with Crippen LogP contribution in [0.5, 0.6) is 0 Å². The van der Waals surface area contributed by atoms with E-state index in [1.54, 1.807) is 16.8 Å². The van der Waals surface area contributed by atoms with Gasteiger partial charge in [0, 0.05) is 38.1 Å². The second kappa shape index (κ2) is 5.38. The summed E-state index contributed by atoms with van der Waals surface area (Å²) in [7, 11) is 0. The third kappa shape index (κ3) is 2.23. The lowest BCUT2D eigenvalue weighted by atomic mass is 9.94. The number of hydrogen-bond donors (Lipinski definition) is 1. The molecule has 1 saturated heterocycles. The third-order valence-corrected chi connectivity index (χ3v) is 5.05. The van der Waals surface area contributed by atoms with Gasteiger partial charge in [0.1, 0.15) is 0 Å². The Hall–Kier alpha value is -1.06. The van der Waals surface area contributed by atoms with Gasteiger partial charge in [-0.1, -0.05) is 12.5 Å². The first-order chi connectivity index (χ1) is 9.92. The minimum atomic E-state index is 1.06. The fraction of sp³-hybridized carbons (Fsp3) is 0.647. The maximum atomic E-state index is 3.54. The van der Waals surface area contributed by atoms with E-state index in [-0.39, 0.29) is 0 Å². The molecular weight excluding hydrogens is 246 g/mol. The SMILES string of the molecule is C1=C2CNCCn3cc(CN4CCCCC4)c(c32)CC1. The van der Waals surface area contributed by atoms with E-state index in [2.05, 4.69) is 27.1 Å². The van der Waals surface area contributed by atoms with Crippen molar-refractivity contribution in [1.29, 1.82) is 0 Å². The second-order valence-corrected chi connectivity index (χ2v) is 6.46. The number of nitrogens with zero attached hydrogens (tertiary/aromatic N) is 2. The van der Waals surface area contributed by atoms with Gasteiger partial charge in [-0.15, -0.1) is 0 Å². The topological polar surface area (TPSA) is 20.2 Å². The van der Waals surface area contributed by atoms with E-state index < -0.39 is 0 Å². The highest BCUT2D eigenvalue weighted by molar-refractivity contribution is 5.71. The largest absolute Gasteiger partial charge is 0.346 e. The second-order valence-electron chi connectivity index (χ2n) is 6.46. The van der Waals surface area contributed by atoms with Crippen LogP contribution in [0.25, 0.3) is 5.57 Å². The molecule has 1 fully saturated rings. The zero-order chi connectivity index (χ0) is 13.4. The monoisotopic (exact) mass is 271 g/mol. The molecule has 1 aromatic heterocycles. The van der Waals surface area contributed by atoms with Crippen LogP contribution < -0.4 is 5.32 Å². The molecule has 0 bridgehead atoms. The summed E-state index contributed by atoms with van der Waals surface area (Å²) >= 11 is 0. The maximum Gasteiger partial charge on any atom is 0.0485 e. The smallest absolute Gasteiger partial charge is 0.0485 e. The van der Waals surface area contributed by atoms with E-state index in [4.69, 9.17) is 0 Å². The van der Waals surface area contributed by atoms with E-state index in [9.17, 15) is 0 Å². The van der Waals surface area contributed by atoms with E-state index in [0.29, 0.717) is 0 Å². The van der Waals surface area contributed by atoms with E-state index in [1.165, 1.54) is 57.3 Å². The summed E-state index contributed by atoms with van der Waals surface area (Å²) in [5.74, 6) is 0. The third-order valence-electron chi connectivity index (χ3n) is 5.05. The van der Waals surface area contributed by atoms with Crippen LogP contribution in [0, 0.1) is 0 Å².